The predicted octanol–water partition coefficient (Wildman–Crippen LogP) is 2.12. The van der Waals surface area contributed by atoms with Gasteiger partial charge in [-0.1, -0.05) is 20.8 Å². The van der Waals surface area contributed by atoms with E-state index in [4.69, 9.17) is 0 Å². The van der Waals surface area contributed by atoms with Crippen molar-refractivity contribution >= 4 is 6.21 Å². The minimum Gasteiger partial charge on any atom is -0.290 e. The van der Waals surface area contributed by atoms with Crippen LogP contribution in [0.25, 0.3) is 0 Å². The molecule has 0 aromatic heterocycles. The monoisotopic (exact) mass is 125 g/mol. The van der Waals surface area contributed by atoms with E-state index in [1.165, 1.54) is 0 Å². The number of hydrogen-bond acceptors (Lipinski definition) is 1. The Labute approximate surface area is 57.2 Å². The van der Waals surface area contributed by atoms with E-state index in [0.717, 1.165) is 0 Å². The molecule has 1 unspecified atom stereocenters. The first-order chi connectivity index (χ1) is 4.07. The van der Waals surface area contributed by atoms with Gasteiger partial charge in [0.15, 0.2) is 0 Å². The standard InChI is InChI=1S/C8H15N/c1-6(2)8(4)7(3)5-9-8/h5-7H,1-4H3/t7?,8-/m0/s1. The van der Waals surface area contributed by atoms with E-state index in [9.17, 15) is 0 Å². The molecular weight excluding hydrogens is 110 g/mol. The normalized spacial score (nSPS) is 41.2. The summed E-state index contributed by atoms with van der Waals surface area (Å²) in [6.07, 6.45) is 2.04. The minimum absolute atomic E-state index is 0.250. The maximum absolute atomic E-state index is 4.36. The first kappa shape index (κ1) is 6.79. The SMILES string of the molecule is CC(C)[C@]1(C)N=CC1C. The highest BCUT2D eigenvalue weighted by molar-refractivity contribution is 5.69. The lowest BCUT2D eigenvalue weighted by atomic mass is 9.75. The molecule has 0 aromatic rings. The van der Waals surface area contributed by atoms with Gasteiger partial charge < -0.3 is 0 Å². The van der Waals surface area contributed by atoms with Gasteiger partial charge in [-0.3, -0.25) is 4.99 Å². The highest BCUT2D eigenvalue weighted by atomic mass is 14.9. The van der Waals surface area contributed by atoms with E-state index < -0.39 is 0 Å². The van der Waals surface area contributed by atoms with E-state index in [1.807, 2.05) is 6.21 Å². The van der Waals surface area contributed by atoms with Gasteiger partial charge in [0.2, 0.25) is 0 Å². The molecule has 1 heterocycles. The van der Waals surface area contributed by atoms with Crippen LogP contribution in [0.15, 0.2) is 4.99 Å². The maximum Gasteiger partial charge on any atom is 0.0673 e. The Kier molecular flexibility index (Phi) is 1.38. The Hall–Kier alpha value is -0.330. The molecule has 0 radical (unpaired) electrons. The van der Waals surface area contributed by atoms with Crippen LogP contribution in [0.3, 0.4) is 0 Å². The second-order valence-corrected chi connectivity index (χ2v) is 3.45. The molecule has 0 aliphatic carbocycles. The van der Waals surface area contributed by atoms with Crippen molar-refractivity contribution in [1.29, 1.82) is 0 Å². The summed E-state index contributed by atoms with van der Waals surface area (Å²) < 4.78 is 0. The Balaban J connectivity index is 2.67. The van der Waals surface area contributed by atoms with E-state index in [2.05, 4.69) is 32.7 Å². The van der Waals surface area contributed by atoms with E-state index >= 15 is 0 Å². The Morgan fingerprint density at radius 3 is 2.11 bits per heavy atom. The fourth-order valence-corrected chi connectivity index (χ4v) is 1.13. The largest absolute Gasteiger partial charge is 0.290 e. The fraction of sp³-hybridized carbons (Fsp3) is 0.875. The molecule has 9 heavy (non-hydrogen) atoms. The Morgan fingerprint density at radius 1 is 1.56 bits per heavy atom. The number of aliphatic imine (C=N–C) groups is 1. The van der Waals surface area contributed by atoms with Crippen molar-refractivity contribution in [3.05, 3.63) is 0 Å². The van der Waals surface area contributed by atoms with Crippen molar-refractivity contribution in [2.75, 3.05) is 0 Å². The summed E-state index contributed by atoms with van der Waals surface area (Å²) in [7, 11) is 0. The van der Waals surface area contributed by atoms with Gasteiger partial charge in [-0.2, -0.15) is 0 Å². The summed E-state index contributed by atoms with van der Waals surface area (Å²) in [5.74, 6) is 1.36. The highest BCUT2D eigenvalue weighted by Crippen LogP contribution is 2.34. The molecule has 1 nitrogen and oxygen atoms in total. The topological polar surface area (TPSA) is 12.4 Å². The van der Waals surface area contributed by atoms with Gasteiger partial charge in [0.05, 0.1) is 5.54 Å². The van der Waals surface area contributed by atoms with Crippen LogP contribution in [0.2, 0.25) is 0 Å². The molecule has 0 saturated carbocycles. The number of rotatable bonds is 1. The number of nitrogens with zero attached hydrogens (tertiary/aromatic N) is 1. The molecular formula is C8H15N. The van der Waals surface area contributed by atoms with Gasteiger partial charge in [0.1, 0.15) is 0 Å². The molecule has 1 heteroatoms. The molecule has 1 rings (SSSR count). The summed E-state index contributed by atoms with van der Waals surface area (Å²) in [5.41, 5.74) is 0.250. The van der Waals surface area contributed by atoms with Crippen LogP contribution in [0, 0.1) is 11.8 Å². The quantitative estimate of drug-likeness (QED) is 0.509. The minimum atomic E-state index is 0.250. The molecule has 0 bridgehead atoms. The fourth-order valence-electron chi connectivity index (χ4n) is 1.13. The summed E-state index contributed by atoms with van der Waals surface area (Å²) >= 11 is 0. The summed E-state index contributed by atoms with van der Waals surface area (Å²) in [5, 5.41) is 0. The van der Waals surface area contributed by atoms with Crippen LogP contribution in [0.5, 0.6) is 0 Å². The summed E-state index contributed by atoms with van der Waals surface area (Å²) in [6, 6.07) is 0. The summed E-state index contributed by atoms with van der Waals surface area (Å²) in [6.45, 7) is 8.91. The molecule has 0 amide bonds. The third-order valence-electron chi connectivity index (χ3n) is 2.67. The van der Waals surface area contributed by atoms with Crippen molar-refractivity contribution in [3.63, 3.8) is 0 Å². The van der Waals surface area contributed by atoms with Crippen LogP contribution in [-0.2, 0) is 0 Å². The zero-order valence-corrected chi connectivity index (χ0v) is 6.68. The van der Waals surface area contributed by atoms with Crippen molar-refractivity contribution < 1.29 is 0 Å². The summed E-state index contributed by atoms with van der Waals surface area (Å²) in [4.78, 5) is 4.36. The van der Waals surface area contributed by atoms with Gasteiger partial charge >= 0.3 is 0 Å². The van der Waals surface area contributed by atoms with E-state index in [-0.39, 0.29) is 5.54 Å². The zero-order valence-electron chi connectivity index (χ0n) is 6.68. The first-order valence-corrected chi connectivity index (χ1v) is 3.62. The van der Waals surface area contributed by atoms with E-state index in [0.29, 0.717) is 11.8 Å². The first-order valence-electron chi connectivity index (χ1n) is 3.62. The molecule has 0 saturated heterocycles. The zero-order chi connectivity index (χ0) is 7.07. The van der Waals surface area contributed by atoms with Gasteiger partial charge in [0.25, 0.3) is 0 Å². The molecule has 1 aliphatic rings. The highest BCUT2D eigenvalue weighted by Gasteiger charge is 2.38. The average Bonchev–Trinajstić information content (AvgIpc) is 1.82. The van der Waals surface area contributed by atoms with Gasteiger partial charge in [0, 0.05) is 12.1 Å². The van der Waals surface area contributed by atoms with Gasteiger partial charge in [-0.25, -0.2) is 0 Å². The Morgan fingerprint density at radius 2 is 2.11 bits per heavy atom. The van der Waals surface area contributed by atoms with Crippen LogP contribution >= 0.6 is 0 Å². The second kappa shape index (κ2) is 1.83. The molecule has 1 aliphatic heterocycles. The van der Waals surface area contributed by atoms with Crippen molar-refractivity contribution in [3.8, 4) is 0 Å². The smallest absolute Gasteiger partial charge is 0.0673 e. The van der Waals surface area contributed by atoms with Crippen molar-refractivity contribution in [2.45, 2.75) is 33.2 Å². The molecule has 0 aromatic carbocycles. The molecule has 0 N–H and O–H groups in total. The van der Waals surface area contributed by atoms with Crippen LogP contribution in [0.1, 0.15) is 27.7 Å². The molecule has 2 atom stereocenters. The van der Waals surface area contributed by atoms with Crippen LogP contribution < -0.4 is 0 Å². The van der Waals surface area contributed by atoms with Crippen molar-refractivity contribution in [2.24, 2.45) is 16.8 Å². The molecule has 52 valence electrons. The second-order valence-electron chi connectivity index (χ2n) is 3.45. The third-order valence-corrected chi connectivity index (χ3v) is 2.67. The van der Waals surface area contributed by atoms with Gasteiger partial charge in [-0.05, 0) is 12.8 Å². The lowest BCUT2D eigenvalue weighted by Gasteiger charge is -2.40. The third kappa shape index (κ3) is 0.790. The number of hydrogen-bond donors (Lipinski definition) is 0. The lowest BCUT2D eigenvalue weighted by Crippen LogP contribution is -2.44. The predicted molar refractivity (Wildman–Crippen MR) is 40.9 cm³/mol. The van der Waals surface area contributed by atoms with Gasteiger partial charge in [-0.15, -0.1) is 0 Å². The Bertz CT molecular complexity index is 138. The molecule has 0 spiro atoms. The maximum atomic E-state index is 4.36. The van der Waals surface area contributed by atoms with Crippen molar-refractivity contribution in [1.82, 2.24) is 0 Å². The molecule has 0 fully saturated rings. The van der Waals surface area contributed by atoms with Crippen LogP contribution in [0.4, 0.5) is 0 Å². The van der Waals surface area contributed by atoms with Crippen LogP contribution in [-0.4, -0.2) is 11.8 Å². The lowest BCUT2D eigenvalue weighted by molar-refractivity contribution is 0.260. The average molecular weight is 125 g/mol. The van der Waals surface area contributed by atoms with E-state index in [1.54, 1.807) is 0 Å².